The maximum Gasteiger partial charge on any atom is 0.158 e. The van der Waals surface area contributed by atoms with Crippen molar-refractivity contribution in [2.75, 3.05) is 13.1 Å². The van der Waals surface area contributed by atoms with Crippen molar-refractivity contribution in [2.24, 2.45) is 5.92 Å². The molecule has 0 radical (unpaired) electrons. The summed E-state index contributed by atoms with van der Waals surface area (Å²) in [5, 5.41) is 5.91. The van der Waals surface area contributed by atoms with Crippen LogP contribution in [-0.4, -0.2) is 43.6 Å². The van der Waals surface area contributed by atoms with Crippen molar-refractivity contribution in [3.05, 3.63) is 39.7 Å². The highest BCUT2D eigenvalue weighted by Gasteiger charge is 2.45. The molecule has 1 saturated heterocycles. The molecule has 0 amide bonds. The summed E-state index contributed by atoms with van der Waals surface area (Å²) in [5.74, 6) is 2.03. The fraction of sp³-hybridized carbons (Fsp3) is 0.556. The van der Waals surface area contributed by atoms with Gasteiger partial charge in [0.15, 0.2) is 5.65 Å². The highest BCUT2D eigenvalue weighted by Crippen LogP contribution is 2.53. The van der Waals surface area contributed by atoms with Crippen LogP contribution >= 0.6 is 11.3 Å². The molecule has 5 heterocycles. The Morgan fingerprint density at radius 2 is 1.97 bits per heavy atom. The number of rotatable bonds is 5. The van der Waals surface area contributed by atoms with Crippen molar-refractivity contribution < 1.29 is 0 Å². The van der Waals surface area contributed by atoms with Gasteiger partial charge < -0.3 is 9.88 Å². The Bertz CT molecular complexity index is 1360. The summed E-state index contributed by atoms with van der Waals surface area (Å²) < 4.78 is 1.92. The van der Waals surface area contributed by atoms with Crippen LogP contribution < -0.4 is 0 Å². The molecule has 2 aliphatic rings. The standard InChI is InChI=1S/C27H35N5S/c1-7-8-31-11-18-9-19(31)10-20(18)25-17(6)23-22(14(2)3)24(30-27(23)33-25)21-12-32-26(28-13-29-32)16(5)15(21)4/h12-14,18-20,30H,7-11H2,1-6H3/t18-,19-,20+/m0/s1. The van der Waals surface area contributed by atoms with Crippen LogP contribution in [0.15, 0.2) is 12.5 Å². The molecule has 1 aliphatic heterocycles. The molecule has 5 nitrogen and oxygen atoms in total. The van der Waals surface area contributed by atoms with Crippen LogP contribution in [0, 0.1) is 26.7 Å². The third-order valence-corrected chi connectivity index (χ3v) is 9.78. The van der Waals surface area contributed by atoms with E-state index in [0.29, 0.717) is 5.92 Å². The number of nitrogens with zero attached hydrogens (tertiary/aromatic N) is 4. The monoisotopic (exact) mass is 461 g/mol. The molecule has 6 rings (SSSR count). The molecule has 0 spiro atoms. The lowest BCUT2D eigenvalue weighted by Gasteiger charge is -2.31. The van der Waals surface area contributed by atoms with Crippen LogP contribution in [-0.2, 0) is 0 Å². The summed E-state index contributed by atoms with van der Waals surface area (Å²) in [6, 6.07) is 0.806. The zero-order valence-electron chi connectivity index (χ0n) is 20.7. The number of thiophene rings is 1. The second kappa shape index (κ2) is 7.67. The minimum absolute atomic E-state index is 0.445. The third kappa shape index (κ3) is 3.06. The first-order valence-corrected chi connectivity index (χ1v) is 13.4. The molecule has 4 aromatic rings. The van der Waals surface area contributed by atoms with Gasteiger partial charge in [-0.05, 0) is 86.6 Å². The minimum atomic E-state index is 0.445. The Morgan fingerprint density at radius 3 is 2.67 bits per heavy atom. The number of hydrogen-bond donors (Lipinski definition) is 1. The number of piperidine rings is 1. The Morgan fingerprint density at radius 1 is 1.15 bits per heavy atom. The molecule has 1 N–H and O–H groups in total. The number of H-pyrrole nitrogens is 1. The molecule has 0 aromatic carbocycles. The molecule has 174 valence electrons. The number of aryl methyl sites for hydroxylation is 2. The maximum atomic E-state index is 4.45. The number of fused-ring (bicyclic) bond motifs is 4. The van der Waals surface area contributed by atoms with Gasteiger partial charge >= 0.3 is 0 Å². The van der Waals surface area contributed by atoms with E-state index in [9.17, 15) is 0 Å². The lowest BCUT2D eigenvalue weighted by molar-refractivity contribution is 0.201. The summed E-state index contributed by atoms with van der Waals surface area (Å²) in [6.45, 7) is 16.3. The second-order valence-electron chi connectivity index (χ2n) is 10.7. The van der Waals surface area contributed by atoms with Gasteiger partial charge in [0.2, 0.25) is 0 Å². The fourth-order valence-corrected chi connectivity index (χ4v) is 8.21. The maximum absolute atomic E-state index is 4.45. The van der Waals surface area contributed by atoms with E-state index in [2.05, 4.69) is 67.7 Å². The van der Waals surface area contributed by atoms with Gasteiger partial charge in [-0.15, -0.1) is 11.3 Å². The van der Waals surface area contributed by atoms with Crippen LogP contribution in [0.25, 0.3) is 27.1 Å². The predicted octanol–water partition coefficient (Wildman–Crippen LogP) is 6.58. The molecule has 3 atom stereocenters. The smallest absolute Gasteiger partial charge is 0.158 e. The topological polar surface area (TPSA) is 49.2 Å². The molecule has 1 aliphatic carbocycles. The SMILES string of the molecule is CCCN1C[C@@H]2C[C@H]1C[C@H]2c1sc2[nH]c(-c3cn4ncnc4c(C)c3C)c(C(C)C)c2c1C. The van der Waals surface area contributed by atoms with Gasteiger partial charge in [-0.25, -0.2) is 9.50 Å². The Labute approximate surface area is 200 Å². The quantitative estimate of drug-likeness (QED) is 0.365. The van der Waals surface area contributed by atoms with E-state index in [1.165, 1.54) is 76.1 Å². The number of pyridine rings is 1. The summed E-state index contributed by atoms with van der Waals surface area (Å²) in [5.41, 5.74) is 8.93. The van der Waals surface area contributed by atoms with Crippen LogP contribution in [0.5, 0.6) is 0 Å². The van der Waals surface area contributed by atoms with E-state index >= 15 is 0 Å². The molecule has 2 bridgehead atoms. The van der Waals surface area contributed by atoms with Crippen LogP contribution in [0.2, 0.25) is 0 Å². The Hall–Kier alpha value is -2.18. The average Bonchev–Trinajstić information content (AvgIpc) is 3.57. The number of nitrogens with one attached hydrogen (secondary N) is 1. The van der Waals surface area contributed by atoms with Gasteiger partial charge in [0.05, 0.1) is 5.69 Å². The highest BCUT2D eigenvalue weighted by molar-refractivity contribution is 7.19. The lowest BCUT2D eigenvalue weighted by atomic mass is 9.88. The van der Waals surface area contributed by atoms with Gasteiger partial charge in [0.25, 0.3) is 0 Å². The second-order valence-corrected chi connectivity index (χ2v) is 11.7. The molecular weight excluding hydrogens is 426 g/mol. The van der Waals surface area contributed by atoms with E-state index in [1.54, 1.807) is 11.2 Å². The summed E-state index contributed by atoms with van der Waals surface area (Å²) >= 11 is 2.03. The van der Waals surface area contributed by atoms with Gasteiger partial charge in [-0.3, -0.25) is 0 Å². The molecular formula is C27H35N5S. The summed E-state index contributed by atoms with van der Waals surface area (Å²) in [7, 11) is 0. The zero-order valence-corrected chi connectivity index (χ0v) is 21.5. The average molecular weight is 462 g/mol. The van der Waals surface area contributed by atoms with Crippen LogP contribution in [0.1, 0.15) is 79.0 Å². The summed E-state index contributed by atoms with van der Waals surface area (Å²) in [4.78, 5) is 14.1. The molecule has 4 aromatic heterocycles. The molecule has 2 fully saturated rings. The van der Waals surface area contributed by atoms with E-state index in [0.717, 1.165) is 23.5 Å². The number of likely N-dealkylation sites (tertiary alicyclic amines) is 1. The molecule has 33 heavy (non-hydrogen) atoms. The predicted molar refractivity (Wildman–Crippen MR) is 138 cm³/mol. The van der Waals surface area contributed by atoms with E-state index < -0.39 is 0 Å². The number of aromatic nitrogens is 4. The molecule has 1 saturated carbocycles. The van der Waals surface area contributed by atoms with Crippen molar-refractivity contribution in [3.8, 4) is 11.3 Å². The van der Waals surface area contributed by atoms with Gasteiger partial charge in [0, 0.05) is 34.6 Å². The molecule has 6 heteroatoms. The molecule has 0 unspecified atom stereocenters. The lowest BCUT2D eigenvalue weighted by Crippen LogP contribution is -2.35. The van der Waals surface area contributed by atoms with Crippen LogP contribution in [0.4, 0.5) is 0 Å². The fourth-order valence-electron chi connectivity index (χ4n) is 6.77. The minimum Gasteiger partial charge on any atom is -0.346 e. The summed E-state index contributed by atoms with van der Waals surface area (Å²) in [6.07, 6.45) is 7.82. The van der Waals surface area contributed by atoms with Crippen LogP contribution in [0.3, 0.4) is 0 Å². The van der Waals surface area contributed by atoms with Crippen molar-refractivity contribution >= 4 is 27.2 Å². The number of aromatic amines is 1. The largest absolute Gasteiger partial charge is 0.346 e. The van der Waals surface area contributed by atoms with Crippen molar-refractivity contribution in [2.45, 2.75) is 78.7 Å². The first kappa shape index (κ1) is 21.4. The Balaban J connectivity index is 1.46. The van der Waals surface area contributed by atoms with Gasteiger partial charge in [-0.1, -0.05) is 20.8 Å². The normalized spacial score (nSPS) is 23.2. The zero-order chi connectivity index (χ0) is 23.0. The number of hydrogen-bond acceptors (Lipinski definition) is 4. The first-order valence-electron chi connectivity index (χ1n) is 12.6. The van der Waals surface area contributed by atoms with Crippen molar-refractivity contribution in [3.63, 3.8) is 0 Å². The first-order chi connectivity index (χ1) is 15.9. The Kier molecular flexibility index (Phi) is 4.97. The van der Waals surface area contributed by atoms with E-state index in [1.807, 2.05) is 15.9 Å². The van der Waals surface area contributed by atoms with E-state index in [4.69, 9.17) is 0 Å². The van der Waals surface area contributed by atoms with E-state index in [-0.39, 0.29) is 0 Å². The van der Waals surface area contributed by atoms with Gasteiger partial charge in [-0.2, -0.15) is 5.10 Å². The van der Waals surface area contributed by atoms with Crippen molar-refractivity contribution in [1.29, 1.82) is 0 Å². The van der Waals surface area contributed by atoms with Crippen molar-refractivity contribution in [1.82, 2.24) is 24.5 Å². The highest BCUT2D eigenvalue weighted by atomic mass is 32.1. The third-order valence-electron chi connectivity index (χ3n) is 8.44. The van der Waals surface area contributed by atoms with Gasteiger partial charge in [0.1, 0.15) is 11.2 Å².